The van der Waals surface area contributed by atoms with Gasteiger partial charge in [0, 0.05) is 6.26 Å². The Labute approximate surface area is 104 Å². The molecule has 0 saturated carbocycles. The van der Waals surface area contributed by atoms with Gasteiger partial charge in [0.1, 0.15) is 9.84 Å². The quantitative estimate of drug-likeness (QED) is 0.804. The molecule has 2 rings (SSSR count). The van der Waals surface area contributed by atoms with Crippen LogP contribution in [0.2, 0.25) is 0 Å². The smallest absolute Gasteiger partial charge is 0.148 e. The Hall–Kier alpha value is -0.390. The molecule has 0 spiro atoms. The molecule has 0 radical (unpaired) electrons. The van der Waals surface area contributed by atoms with E-state index in [-0.39, 0.29) is 10.6 Å². The first-order valence-electron chi connectivity index (χ1n) is 4.97. The van der Waals surface area contributed by atoms with Crippen LogP contribution in [0.25, 0.3) is 0 Å². The van der Waals surface area contributed by atoms with Crippen molar-refractivity contribution in [3.05, 3.63) is 34.9 Å². The molecule has 0 amide bonds. The summed E-state index contributed by atoms with van der Waals surface area (Å²) in [6.45, 7) is 1.29. The highest BCUT2D eigenvalue weighted by molar-refractivity contribution is 9.09. The highest BCUT2D eigenvalue weighted by Gasteiger charge is 2.17. The van der Waals surface area contributed by atoms with Crippen LogP contribution in [0.5, 0.6) is 0 Å². The fourth-order valence-electron chi connectivity index (χ4n) is 1.75. The molecular weight excluding hydrogens is 292 g/mol. The minimum atomic E-state index is -2.96. The molecule has 0 N–H and O–H groups in total. The Bertz CT molecular complexity index is 496. The third-order valence-electron chi connectivity index (χ3n) is 2.56. The molecule has 1 atom stereocenters. The van der Waals surface area contributed by atoms with Crippen LogP contribution in [0.15, 0.2) is 18.2 Å². The van der Waals surface area contributed by atoms with Crippen molar-refractivity contribution < 1.29 is 13.2 Å². The lowest BCUT2D eigenvalue weighted by atomic mass is 10.1. The van der Waals surface area contributed by atoms with Crippen LogP contribution < -0.4 is 0 Å². The molecule has 0 aromatic heterocycles. The van der Waals surface area contributed by atoms with Gasteiger partial charge in [-0.2, -0.15) is 0 Å². The predicted octanol–water partition coefficient (Wildman–Crippen LogP) is 2.20. The average Bonchev–Trinajstić information content (AvgIpc) is 2.61. The molecule has 0 saturated heterocycles. The SMILES string of the molecule is CS(=O)(=O)CC(Br)c1ccc2c(c1)COC2. The van der Waals surface area contributed by atoms with E-state index >= 15 is 0 Å². The normalized spacial score (nSPS) is 17.1. The van der Waals surface area contributed by atoms with E-state index in [2.05, 4.69) is 15.9 Å². The van der Waals surface area contributed by atoms with Crippen LogP contribution in [-0.2, 0) is 27.8 Å². The molecule has 1 aromatic rings. The summed E-state index contributed by atoms with van der Waals surface area (Å²) in [5.41, 5.74) is 3.35. The second-order valence-corrected chi connectivity index (χ2v) is 7.37. The second-order valence-electron chi connectivity index (χ2n) is 4.08. The Morgan fingerprint density at radius 3 is 2.75 bits per heavy atom. The highest BCUT2D eigenvalue weighted by Crippen LogP contribution is 2.29. The van der Waals surface area contributed by atoms with Crippen LogP contribution in [-0.4, -0.2) is 20.4 Å². The van der Waals surface area contributed by atoms with Crippen molar-refractivity contribution in [3.8, 4) is 0 Å². The number of hydrogen-bond acceptors (Lipinski definition) is 3. The molecule has 0 fully saturated rings. The van der Waals surface area contributed by atoms with Gasteiger partial charge in [-0.15, -0.1) is 0 Å². The minimum absolute atomic E-state index is 0.118. The number of ether oxygens (including phenoxy) is 1. The summed E-state index contributed by atoms with van der Waals surface area (Å²) in [5, 5.41) is 0. The summed E-state index contributed by atoms with van der Waals surface area (Å²) in [7, 11) is -2.96. The van der Waals surface area contributed by atoms with Gasteiger partial charge >= 0.3 is 0 Å². The van der Waals surface area contributed by atoms with Gasteiger partial charge in [-0.3, -0.25) is 0 Å². The van der Waals surface area contributed by atoms with Crippen molar-refractivity contribution in [1.29, 1.82) is 0 Å². The molecule has 16 heavy (non-hydrogen) atoms. The van der Waals surface area contributed by atoms with Crippen molar-refractivity contribution in [2.75, 3.05) is 12.0 Å². The largest absolute Gasteiger partial charge is 0.372 e. The molecule has 3 nitrogen and oxygen atoms in total. The number of fused-ring (bicyclic) bond motifs is 1. The van der Waals surface area contributed by atoms with Gasteiger partial charge in [0.2, 0.25) is 0 Å². The van der Waals surface area contributed by atoms with Crippen LogP contribution in [0, 0.1) is 0 Å². The van der Waals surface area contributed by atoms with Gasteiger partial charge in [-0.25, -0.2) is 8.42 Å². The highest BCUT2D eigenvalue weighted by atomic mass is 79.9. The maximum absolute atomic E-state index is 11.2. The Morgan fingerprint density at radius 1 is 1.38 bits per heavy atom. The van der Waals surface area contributed by atoms with E-state index in [0.717, 1.165) is 11.1 Å². The van der Waals surface area contributed by atoms with E-state index in [4.69, 9.17) is 4.74 Å². The third-order valence-corrected chi connectivity index (χ3v) is 4.78. The number of halogens is 1. The molecule has 0 bridgehead atoms. The molecule has 1 aliphatic rings. The Balaban J connectivity index is 2.21. The minimum Gasteiger partial charge on any atom is -0.372 e. The van der Waals surface area contributed by atoms with Gasteiger partial charge in [-0.05, 0) is 16.7 Å². The fraction of sp³-hybridized carbons (Fsp3) is 0.455. The van der Waals surface area contributed by atoms with Gasteiger partial charge in [0.05, 0.1) is 23.8 Å². The van der Waals surface area contributed by atoms with Crippen molar-refractivity contribution in [1.82, 2.24) is 0 Å². The fourth-order valence-corrected chi connectivity index (χ4v) is 4.20. The molecule has 88 valence electrons. The van der Waals surface area contributed by atoms with Gasteiger partial charge in [0.25, 0.3) is 0 Å². The lowest BCUT2D eigenvalue weighted by Crippen LogP contribution is -2.08. The Morgan fingerprint density at radius 2 is 2.06 bits per heavy atom. The molecule has 0 aliphatic carbocycles. The molecular formula is C11H13BrO3S. The standard InChI is InChI=1S/C11H13BrO3S/c1-16(13,14)7-11(12)8-2-3-9-5-15-6-10(9)4-8/h2-4,11H,5-7H2,1H3. The molecule has 1 aliphatic heterocycles. The average molecular weight is 305 g/mol. The lowest BCUT2D eigenvalue weighted by molar-refractivity contribution is 0.134. The molecule has 1 heterocycles. The first kappa shape index (κ1) is 12.1. The molecule has 1 unspecified atom stereocenters. The summed E-state index contributed by atoms with van der Waals surface area (Å²) in [6.07, 6.45) is 1.25. The maximum Gasteiger partial charge on any atom is 0.148 e. The van der Waals surface area contributed by atoms with Crippen LogP contribution in [0.1, 0.15) is 21.5 Å². The van der Waals surface area contributed by atoms with E-state index in [0.29, 0.717) is 13.2 Å². The molecule has 5 heteroatoms. The summed E-state index contributed by atoms with van der Waals surface area (Å²) >= 11 is 3.41. The monoisotopic (exact) mass is 304 g/mol. The van der Waals surface area contributed by atoms with Crippen molar-refractivity contribution in [3.63, 3.8) is 0 Å². The predicted molar refractivity (Wildman–Crippen MR) is 66.3 cm³/mol. The van der Waals surface area contributed by atoms with E-state index in [1.165, 1.54) is 11.8 Å². The first-order chi connectivity index (χ1) is 7.46. The van der Waals surface area contributed by atoms with E-state index in [1.807, 2.05) is 18.2 Å². The molecule has 1 aromatic carbocycles. The van der Waals surface area contributed by atoms with Crippen molar-refractivity contribution in [2.24, 2.45) is 0 Å². The maximum atomic E-state index is 11.2. The number of hydrogen-bond donors (Lipinski definition) is 0. The van der Waals surface area contributed by atoms with Gasteiger partial charge < -0.3 is 4.74 Å². The first-order valence-corrected chi connectivity index (χ1v) is 7.94. The topological polar surface area (TPSA) is 43.4 Å². The van der Waals surface area contributed by atoms with Crippen LogP contribution in [0.3, 0.4) is 0 Å². The lowest BCUT2D eigenvalue weighted by Gasteiger charge is -2.10. The Kier molecular flexibility index (Phi) is 3.37. The number of rotatable bonds is 3. The van der Waals surface area contributed by atoms with E-state index < -0.39 is 9.84 Å². The third kappa shape index (κ3) is 2.84. The zero-order valence-electron chi connectivity index (χ0n) is 8.94. The number of benzene rings is 1. The van der Waals surface area contributed by atoms with Crippen molar-refractivity contribution >= 4 is 25.8 Å². The van der Waals surface area contributed by atoms with E-state index in [1.54, 1.807) is 0 Å². The van der Waals surface area contributed by atoms with Crippen molar-refractivity contribution in [2.45, 2.75) is 18.0 Å². The number of sulfone groups is 1. The summed E-state index contributed by atoms with van der Waals surface area (Å²) in [6, 6.07) is 5.99. The second kappa shape index (κ2) is 4.47. The summed E-state index contributed by atoms with van der Waals surface area (Å²) < 4.78 is 27.7. The van der Waals surface area contributed by atoms with Gasteiger partial charge in [-0.1, -0.05) is 34.1 Å². The van der Waals surface area contributed by atoms with Gasteiger partial charge in [0.15, 0.2) is 0 Å². The number of alkyl halides is 1. The summed E-state index contributed by atoms with van der Waals surface area (Å²) in [5.74, 6) is 0.118. The summed E-state index contributed by atoms with van der Waals surface area (Å²) in [4.78, 5) is -0.145. The zero-order valence-corrected chi connectivity index (χ0v) is 11.3. The van der Waals surface area contributed by atoms with Crippen LogP contribution in [0.4, 0.5) is 0 Å². The van der Waals surface area contributed by atoms with E-state index in [9.17, 15) is 8.42 Å². The zero-order chi connectivity index (χ0) is 11.8. The van der Waals surface area contributed by atoms with Crippen LogP contribution >= 0.6 is 15.9 Å².